The zero-order valence-electron chi connectivity index (χ0n) is 11.2. The summed E-state index contributed by atoms with van der Waals surface area (Å²) in [6.45, 7) is 7.49. The highest BCUT2D eigenvalue weighted by atomic mass is 15.2. The van der Waals surface area contributed by atoms with Crippen LogP contribution in [0.1, 0.15) is 33.1 Å². The van der Waals surface area contributed by atoms with Crippen LogP contribution in [-0.2, 0) is 0 Å². The van der Waals surface area contributed by atoms with E-state index in [0.717, 1.165) is 19.0 Å². The van der Waals surface area contributed by atoms with Crippen LogP contribution in [0.5, 0.6) is 0 Å². The largest absolute Gasteiger partial charge is 0.306 e. The quantitative estimate of drug-likeness (QED) is 0.730. The standard InChI is InChI=1S/C13H25N3/c1-13(2,11-14)7-10-16-8-5-12(6-9-16)15(3)4/h12H,5-10H2,1-4H3. The molecule has 0 aromatic rings. The van der Waals surface area contributed by atoms with Gasteiger partial charge in [-0.2, -0.15) is 5.26 Å². The third-order valence-electron chi connectivity index (χ3n) is 3.64. The monoisotopic (exact) mass is 223 g/mol. The second-order valence-corrected chi connectivity index (χ2v) is 5.78. The van der Waals surface area contributed by atoms with Crippen molar-refractivity contribution < 1.29 is 0 Å². The van der Waals surface area contributed by atoms with Gasteiger partial charge in [0.1, 0.15) is 0 Å². The summed E-state index contributed by atoms with van der Waals surface area (Å²) in [5.41, 5.74) is -0.168. The van der Waals surface area contributed by atoms with E-state index in [2.05, 4.69) is 30.0 Å². The fourth-order valence-electron chi connectivity index (χ4n) is 2.15. The predicted octanol–water partition coefficient (Wildman–Crippen LogP) is 1.95. The molecule has 0 atom stereocenters. The van der Waals surface area contributed by atoms with E-state index >= 15 is 0 Å². The van der Waals surface area contributed by atoms with Crippen LogP contribution < -0.4 is 0 Å². The van der Waals surface area contributed by atoms with Crippen LogP contribution in [0.4, 0.5) is 0 Å². The summed E-state index contributed by atoms with van der Waals surface area (Å²) in [6, 6.07) is 3.12. The van der Waals surface area contributed by atoms with Crippen molar-refractivity contribution in [2.75, 3.05) is 33.7 Å². The van der Waals surface area contributed by atoms with Gasteiger partial charge >= 0.3 is 0 Å². The Morgan fingerprint density at radius 2 is 1.88 bits per heavy atom. The maximum absolute atomic E-state index is 8.96. The van der Waals surface area contributed by atoms with Crippen molar-refractivity contribution in [3.05, 3.63) is 0 Å². The summed E-state index contributed by atoms with van der Waals surface area (Å²) in [5, 5.41) is 8.96. The van der Waals surface area contributed by atoms with Crippen LogP contribution >= 0.6 is 0 Å². The molecule has 1 saturated heterocycles. The average Bonchev–Trinajstić information content (AvgIpc) is 2.27. The van der Waals surface area contributed by atoms with Gasteiger partial charge in [0, 0.05) is 6.04 Å². The summed E-state index contributed by atoms with van der Waals surface area (Å²) in [4.78, 5) is 4.83. The SMILES string of the molecule is CN(C)C1CCN(CCC(C)(C)C#N)CC1. The number of hydrogen-bond acceptors (Lipinski definition) is 3. The summed E-state index contributed by atoms with van der Waals surface area (Å²) >= 11 is 0. The Hall–Kier alpha value is -0.590. The zero-order valence-corrected chi connectivity index (χ0v) is 11.2. The molecule has 1 rings (SSSR count). The molecule has 0 amide bonds. The van der Waals surface area contributed by atoms with Gasteiger partial charge in [-0.25, -0.2) is 0 Å². The van der Waals surface area contributed by atoms with Gasteiger partial charge in [0.2, 0.25) is 0 Å². The number of rotatable bonds is 4. The summed E-state index contributed by atoms with van der Waals surface area (Å²) in [6.07, 6.45) is 3.51. The second kappa shape index (κ2) is 5.65. The molecule has 0 aromatic carbocycles. The Bertz CT molecular complexity index is 244. The van der Waals surface area contributed by atoms with Crippen LogP contribution in [0.15, 0.2) is 0 Å². The smallest absolute Gasteiger partial charge is 0.0684 e. The van der Waals surface area contributed by atoms with E-state index < -0.39 is 0 Å². The molecule has 0 unspecified atom stereocenters. The highest BCUT2D eigenvalue weighted by Crippen LogP contribution is 2.21. The third-order valence-corrected chi connectivity index (χ3v) is 3.64. The van der Waals surface area contributed by atoms with E-state index in [-0.39, 0.29) is 5.41 Å². The Kier molecular flexibility index (Phi) is 4.76. The molecule has 0 spiro atoms. The van der Waals surface area contributed by atoms with Gasteiger partial charge in [-0.3, -0.25) is 0 Å². The topological polar surface area (TPSA) is 30.3 Å². The molecule has 16 heavy (non-hydrogen) atoms. The molecule has 1 aliphatic heterocycles. The molecule has 3 heteroatoms. The van der Waals surface area contributed by atoms with E-state index in [1.807, 2.05) is 13.8 Å². The minimum atomic E-state index is -0.168. The summed E-state index contributed by atoms with van der Waals surface area (Å²) in [7, 11) is 4.33. The van der Waals surface area contributed by atoms with Gasteiger partial charge in [-0.05, 0) is 66.8 Å². The molecule has 1 heterocycles. The maximum Gasteiger partial charge on any atom is 0.0684 e. The molecule has 0 bridgehead atoms. The van der Waals surface area contributed by atoms with Crippen molar-refractivity contribution in [3.63, 3.8) is 0 Å². The van der Waals surface area contributed by atoms with Crippen LogP contribution in [0.25, 0.3) is 0 Å². The molecule has 0 saturated carbocycles. The minimum Gasteiger partial charge on any atom is -0.306 e. The number of likely N-dealkylation sites (tertiary alicyclic amines) is 1. The lowest BCUT2D eigenvalue weighted by Gasteiger charge is -2.35. The summed E-state index contributed by atoms with van der Waals surface area (Å²) < 4.78 is 0. The van der Waals surface area contributed by atoms with Crippen LogP contribution in [0, 0.1) is 16.7 Å². The van der Waals surface area contributed by atoms with Crippen molar-refractivity contribution in [1.29, 1.82) is 5.26 Å². The Morgan fingerprint density at radius 3 is 2.31 bits per heavy atom. The molecule has 1 aliphatic rings. The van der Waals surface area contributed by atoms with Crippen molar-refractivity contribution in [2.45, 2.75) is 39.2 Å². The number of nitrogens with zero attached hydrogens (tertiary/aromatic N) is 3. The molecular formula is C13H25N3. The van der Waals surface area contributed by atoms with Gasteiger partial charge in [0.05, 0.1) is 11.5 Å². The average molecular weight is 223 g/mol. The van der Waals surface area contributed by atoms with E-state index in [4.69, 9.17) is 5.26 Å². The number of hydrogen-bond donors (Lipinski definition) is 0. The lowest BCUT2D eigenvalue weighted by Crippen LogP contribution is -2.42. The van der Waals surface area contributed by atoms with Crippen molar-refractivity contribution in [2.24, 2.45) is 5.41 Å². The van der Waals surface area contributed by atoms with Gasteiger partial charge in [-0.1, -0.05) is 0 Å². The van der Waals surface area contributed by atoms with Gasteiger partial charge in [0.25, 0.3) is 0 Å². The summed E-state index contributed by atoms with van der Waals surface area (Å²) in [5.74, 6) is 0. The van der Waals surface area contributed by atoms with Crippen molar-refractivity contribution in [3.8, 4) is 6.07 Å². The van der Waals surface area contributed by atoms with E-state index in [1.54, 1.807) is 0 Å². The molecule has 0 aliphatic carbocycles. The number of nitriles is 1. The Morgan fingerprint density at radius 1 is 1.31 bits per heavy atom. The van der Waals surface area contributed by atoms with Gasteiger partial charge in [-0.15, -0.1) is 0 Å². The van der Waals surface area contributed by atoms with Crippen LogP contribution in [0.2, 0.25) is 0 Å². The maximum atomic E-state index is 8.96. The van der Waals surface area contributed by atoms with Crippen molar-refractivity contribution in [1.82, 2.24) is 9.80 Å². The first kappa shape index (κ1) is 13.5. The molecule has 0 radical (unpaired) electrons. The van der Waals surface area contributed by atoms with E-state index in [1.165, 1.54) is 25.9 Å². The minimum absolute atomic E-state index is 0.168. The molecule has 0 N–H and O–H groups in total. The fourth-order valence-corrected chi connectivity index (χ4v) is 2.15. The first-order valence-electron chi connectivity index (χ1n) is 6.24. The second-order valence-electron chi connectivity index (χ2n) is 5.78. The van der Waals surface area contributed by atoms with Gasteiger partial charge < -0.3 is 9.80 Å². The van der Waals surface area contributed by atoms with Gasteiger partial charge in [0.15, 0.2) is 0 Å². The highest BCUT2D eigenvalue weighted by Gasteiger charge is 2.23. The Balaban J connectivity index is 2.26. The number of piperidine rings is 1. The fraction of sp³-hybridized carbons (Fsp3) is 0.923. The molecule has 3 nitrogen and oxygen atoms in total. The molecular weight excluding hydrogens is 198 g/mol. The zero-order chi connectivity index (χ0) is 12.2. The third kappa shape index (κ3) is 4.11. The van der Waals surface area contributed by atoms with Crippen molar-refractivity contribution >= 4 is 0 Å². The lowest BCUT2D eigenvalue weighted by molar-refractivity contribution is 0.136. The first-order valence-corrected chi connectivity index (χ1v) is 6.24. The van der Waals surface area contributed by atoms with E-state index in [9.17, 15) is 0 Å². The highest BCUT2D eigenvalue weighted by molar-refractivity contribution is 4.92. The molecule has 0 aromatic heterocycles. The van der Waals surface area contributed by atoms with Crippen LogP contribution in [0.3, 0.4) is 0 Å². The lowest BCUT2D eigenvalue weighted by atomic mass is 9.91. The van der Waals surface area contributed by atoms with E-state index in [0.29, 0.717) is 0 Å². The van der Waals surface area contributed by atoms with Crippen LogP contribution in [-0.4, -0.2) is 49.6 Å². The Labute approximate surface area is 100 Å². The molecule has 1 fully saturated rings. The first-order chi connectivity index (χ1) is 7.44. The predicted molar refractivity (Wildman–Crippen MR) is 67.2 cm³/mol. The normalized spacial score (nSPS) is 20.0. The molecule has 92 valence electrons.